The average molecular weight is 488 g/mol. The third-order valence-electron chi connectivity index (χ3n) is 5.59. The number of amides is 3. The smallest absolute Gasteiger partial charge is 0.266 e. The molecule has 34 heavy (non-hydrogen) atoms. The number of nitrogens with zero attached hydrogens (tertiary/aromatic N) is 2. The lowest BCUT2D eigenvalue weighted by atomic mass is 10.0. The second kappa shape index (κ2) is 9.04. The molecule has 170 valence electrons. The summed E-state index contributed by atoms with van der Waals surface area (Å²) < 4.78 is 1.60. The Bertz CT molecular complexity index is 1390. The Balaban J connectivity index is 1.27. The highest BCUT2D eigenvalue weighted by Gasteiger charge is 2.36. The molecule has 0 saturated heterocycles. The Morgan fingerprint density at radius 1 is 1.00 bits per heavy atom. The van der Waals surface area contributed by atoms with Gasteiger partial charge in [-0.2, -0.15) is 0 Å². The summed E-state index contributed by atoms with van der Waals surface area (Å²) in [6.45, 7) is 4.26. The van der Waals surface area contributed by atoms with Gasteiger partial charge in [-0.05, 0) is 53.9 Å². The number of imide groups is 1. The number of carbonyl (C=O) groups is 3. The van der Waals surface area contributed by atoms with Gasteiger partial charge >= 0.3 is 0 Å². The van der Waals surface area contributed by atoms with Gasteiger partial charge in [0.15, 0.2) is 4.34 Å². The Hall–Kier alpha value is -3.49. The van der Waals surface area contributed by atoms with Crippen LogP contribution in [0.2, 0.25) is 0 Å². The Labute approximate surface area is 205 Å². The van der Waals surface area contributed by atoms with Crippen molar-refractivity contribution < 1.29 is 14.4 Å². The fourth-order valence-electron chi connectivity index (χ4n) is 3.79. The minimum absolute atomic E-state index is 0.103. The van der Waals surface area contributed by atoms with Gasteiger partial charge in [-0.3, -0.25) is 14.4 Å². The number of hydrogen-bond acceptors (Lipinski definition) is 6. The first-order valence-corrected chi connectivity index (χ1v) is 12.6. The summed E-state index contributed by atoms with van der Waals surface area (Å²) in [7, 11) is 0. The maximum Gasteiger partial charge on any atom is 0.266 e. The average Bonchev–Trinajstić information content (AvgIpc) is 3.36. The highest BCUT2D eigenvalue weighted by Crippen LogP contribution is 2.35. The number of fused-ring (bicyclic) bond motifs is 2. The number of anilines is 2. The van der Waals surface area contributed by atoms with Gasteiger partial charge in [-0.25, -0.2) is 9.88 Å². The van der Waals surface area contributed by atoms with Gasteiger partial charge in [0.05, 0.1) is 32.8 Å². The van der Waals surface area contributed by atoms with Crippen molar-refractivity contribution in [2.45, 2.75) is 24.1 Å². The monoisotopic (exact) mass is 487 g/mol. The van der Waals surface area contributed by atoms with Crippen molar-refractivity contribution in [3.63, 3.8) is 0 Å². The fraction of sp³-hybridized carbons (Fsp3) is 0.154. The van der Waals surface area contributed by atoms with Crippen molar-refractivity contribution >= 4 is 62.4 Å². The van der Waals surface area contributed by atoms with Gasteiger partial charge in [0.2, 0.25) is 5.91 Å². The molecular formula is C26H21N3O3S2. The van der Waals surface area contributed by atoms with Crippen LogP contribution in [0.3, 0.4) is 0 Å². The SMILES string of the molecule is CC(C)c1ccc(NC(=O)CSc2nc3ccc(N4C(=O)c5ccccc5C4=O)cc3s2)cc1. The van der Waals surface area contributed by atoms with Crippen LogP contribution in [-0.2, 0) is 4.79 Å². The van der Waals surface area contributed by atoms with Crippen LogP contribution in [0.5, 0.6) is 0 Å². The van der Waals surface area contributed by atoms with E-state index in [1.165, 1.54) is 33.6 Å². The molecule has 0 spiro atoms. The normalized spacial score (nSPS) is 13.1. The Morgan fingerprint density at radius 2 is 1.68 bits per heavy atom. The molecule has 0 radical (unpaired) electrons. The first kappa shape index (κ1) is 22.3. The summed E-state index contributed by atoms with van der Waals surface area (Å²) in [5.74, 6) is -0.0729. The van der Waals surface area contributed by atoms with Gasteiger partial charge in [0.25, 0.3) is 11.8 Å². The minimum atomic E-state index is -0.322. The highest BCUT2D eigenvalue weighted by atomic mass is 32.2. The number of aromatic nitrogens is 1. The van der Waals surface area contributed by atoms with E-state index in [0.29, 0.717) is 22.7 Å². The molecule has 8 heteroatoms. The molecule has 4 aromatic rings. The minimum Gasteiger partial charge on any atom is -0.325 e. The van der Waals surface area contributed by atoms with E-state index < -0.39 is 0 Å². The summed E-state index contributed by atoms with van der Waals surface area (Å²) >= 11 is 2.79. The Kier molecular flexibility index (Phi) is 5.93. The van der Waals surface area contributed by atoms with Gasteiger partial charge in [0.1, 0.15) is 0 Å². The molecule has 3 amide bonds. The van der Waals surface area contributed by atoms with Crippen molar-refractivity contribution in [1.29, 1.82) is 0 Å². The molecule has 1 aliphatic rings. The second-order valence-corrected chi connectivity index (χ2v) is 10.5. The first-order chi connectivity index (χ1) is 16.4. The summed E-state index contributed by atoms with van der Waals surface area (Å²) in [5.41, 5.74) is 4.10. The molecule has 2 heterocycles. The van der Waals surface area contributed by atoms with Gasteiger partial charge in [-0.1, -0.05) is 49.9 Å². The van der Waals surface area contributed by atoms with E-state index in [-0.39, 0.29) is 23.5 Å². The van der Waals surface area contributed by atoms with Gasteiger partial charge in [-0.15, -0.1) is 11.3 Å². The van der Waals surface area contributed by atoms with E-state index >= 15 is 0 Å². The predicted molar refractivity (Wildman–Crippen MR) is 137 cm³/mol. The number of hydrogen-bond donors (Lipinski definition) is 1. The topological polar surface area (TPSA) is 79.4 Å². The van der Waals surface area contributed by atoms with Crippen molar-refractivity contribution in [2.75, 3.05) is 16.0 Å². The fourth-order valence-corrected chi connectivity index (χ4v) is 5.69. The van der Waals surface area contributed by atoms with Crippen molar-refractivity contribution in [1.82, 2.24) is 4.98 Å². The van der Waals surface area contributed by atoms with E-state index in [0.717, 1.165) is 20.2 Å². The lowest BCUT2D eigenvalue weighted by Gasteiger charge is -2.13. The lowest BCUT2D eigenvalue weighted by Crippen LogP contribution is -2.29. The van der Waals surface area contributed by atoms with Crippen molar-refractivity contribution in [2.24, 2.45) is 0 Å². The standard InChI is InChI=1S/C26H21N3O3S2/c1-15(2)16-7-9-17(10-8-16)27-23(30)14-33-26-28-21-12-11-18(13-22(21)34-26)29-24(31)19-5-3-4-6-20(19)25(29)32/h3-13,15H,14H2,1-2H3,(H,27,30). The zero-order chi connectivity index (χ0) is 23.8. The molecule has 0 bridgehead atoms. The molecule has 1 N–H and O–H groups in total. The predicted octanol–water partition coefficient (Wildman–Crippen LogP) is 5.95. The van der Waals surface area contributed by atoms with E-state index in [1.807, 2.05) is 24.3 Å². The van der Waals surface area contributed by atoms with Crippen LogP contribution in [0.1, 0.15) is 46.0 Å². The number of thioether (sulfide) groups is 1. The summed E-state index contributed by atoms with van der Waals surface area (Å²) in [6.07, 6.45) is 0. The van der Waals surface area contributed by atoms with Crippen LogP contribution in [0.4, 0.5) is 11.4 Å². The summed E-state index contributed by atoms with van der Waals surface area (Å²) in [4.78, 5) is 43.7. The summed E-state index contributed by atoms with van der Waals surface area (Å²) in [5, 5.41) is 2.91. The largest absolute Gasteiger partial charge is 0.325 e. The molecule has 1 aliphatic heterocycles. The van der Waals surface area contributed by atoms with Crippen LogP contribution in [-0.4, -0.2) is 28.5 Å². The molecule has 5 rings (SSSR count). The zero-order valence-corrected chi connectivity index (χ0v) is 20.2. The van der Waals surface area contributed by atoms with Crippen molar-refractivity contribution in [3.05, 3.63) is 83.4 Å². The first-order valence-electron chi connectivity index (χ1n) is 10.8. The lowest BCUT2D eigenvalue weighted by molar-refractivity contribution is -0.113. The van der Waals surface area contributed by atoms with Crippen LogP contribution < -0.4 is 10.2 Å². The molecule has 0 fully saturated rings. The molecule has 0 atom stereocenters. The molecule has 0 unspecified atom stereocenters. The van der Waals surface area contributed by atoms with Crippen LogP contribution in [0.25, 0.3) is 10.2 Å². The van der Waals surface area contributed by atoms with E-state index in [9.17, 15) is 14.4 Å². The highest BCUT2D eigenvalue weighted by molar-refractivity contribution is 8.01. The maximum atomic E-state index is 12.8. The quantitative estimate of drug-likeness (QED) is 0.268. The Morgan fingerprint density at radius 3 is 2.32 bits per heavy atom. The second-order valence-electron chi connectivity index (χ2n) is 8.24. The third-order valence-corrected chi connectivity index (χ3v) is 7.75. The van der Waals surface area contributed by atoms with Gasteiger partial charge < -0.3 is 5.32 Å². The number of rotatable bonds is 6. The molecule has 1 aromatic heterocycles. The number of nitrogens with one attached hydrogen (secondary N) is 1. The maximum absolute atomic E-state index is 12.8. The number of benzene rings is 3. The number of carbonyl (C=O) groups excluding carboxylic acids is 3. The van der Waals surface area contributed by atoms with Crippen LogP contribution in [0, 0.1) is 0 Å². The third kappa shape index (κ3) is 4.22. The summed E-state index contributed by atoms with van der Waals surface area (Å²) in [6, 6.07) is 20.0. The molecule has 0 aliphatic carbocycles. The van der Waals surface area contributed by atoms with Crippen molar-refractivity contribution in [3.8, 4) is 0 Å². The van der Waals surface area contributed by atoms with E-state index in [4.69, 9.17) is 0 Å². The molecule has 0 saturated carbocycles. The number of thiazole rings is 1. The zero-order valence-electron chi connectivity index (χ0n) is 18.6. The molecule has 3 aromatic carbocycles. The van der Waals surface area contributed by atoms with E-state index in [2.05, 4.69) is 24.1 Å². The molecule has 6 nitrogen and oxygen atoms in total. The molecular weight excluding hydrogens is 466 g/mol. The van der Waals surface area contributed by atoms with Gasteiger partial charge in [0, 0.05) is 5.69 Å². The van der Waals surface area contributed by atoms with Crippen LogP contribution in [0.15, 0.2) is 71.1 Å². The van der Waals surface area contributed by atoms with E-state index in [1.54, 1.807) is 42.5 Å². The van der Waals surface area contributed by atoms with Crippen LogP contribution >= 0.6 is 23.1 Å².